The van der Waals surface area contributed by atoms with Crippen molar-refractivity contribution in [1.82, 2.24) is 10.2 Å². The van der Waals surface area contributed by atoms with Crippen LogP contribution in [0.3, 0.4) is 0 Å². The highest BCUT2D eigenvalue weighted by molar-refractivity contribution is 6.30. The van der Waals surface area contributed by atoms with Gasteiger partial charge >= 0.3 is 6.03 Å². The number of piperidine rings is 1. The topological polar surface area (TPSA) is 94.4 Å². The van der Waals surface area contributed by atoms with Crippen molar-refractivity contribution in [2.75, 3.05) is 40.4 Å². The molecule has 0 spiro atoms. The Kier molecular flexibility index (Phi) is 11.3. The molecule has 33 heavy (non-hydrogen) atoms. The van der Waals surface area contributed by atoms with Gasteiger partial charge in [-0.15, -0.1) is 0 Å². The summed E-state index contributed by atoms with van der Waals surface area (Å²) in [5.41, 5.74) is 0.109. The van der Waals surface area contributed by atoms with E-state index in [1.165, 1.54) is 0 Å². The summed E-state index contributed by atoms with van der Waals surface area (Å²) in [6.07, 6.45) is 3.00. The molecule has 2 amide bonds. The van der Waals surface area contributed by atoms with Crippen LogP contribution in [0.4, 0.5) is 4.79 Å². The molecule has 0 bridgehead atoms. The molecule has 0 aliphatic carbocycles. The Morgan fingerprint density at radius 2 is 2.15 bits per heavy atom. The number of carbonyl (C=O) groups excluding carboxylic acids is 1. The Bertz CT molecular complexity index is 789. The van der Waals surface area contributed by atoms with Gasteiger partial charge < -0.3 is 25.2 Å². The standard InChI is InChI=1S/C25H40ClN3O4/c1-18(2)23(30)22(16-27-3)28-24(31)29-13-8-10-20(17-29)25(32,12-5-6-14-33-4)19-9-7-11-21(26)15-19/h7,9,11,15,18,20,23,27,30,32H,5-6,8,10,12-14,16-17H2,1-4H3/t20-,23+,25-/m1/s1. The summed E-state index contributed by atoms with van der Waals surface area (Å²) in [6.45, 7) is 5.76. The zero-order valence-electron chi connectivity index (χ0n) is 20.4. The van der Waals surface area contributed by atoms with Crippen molar-refractivity contribution in [1.29, 1.82) is 0 Å². The number of aliphatic hydroxyl groups excluding tert-OH is 1. The molecule has 0 aromatic heterocycles. The molecule has 1 aliphatic heterocycles. The fraction of sp³-hybridized carbons (Fsp3) is 0.680. The Labute approximate surface area is 203 Å². The van der Waals surface area contributed by atoms with E-state index in [1.54, 1.807) is 25.1 Å². The number of amides is 2. The molecule has 2 rings (SSSR count). The van der Waals surface area contributed by atoms with E-state index in [1.807, 2.05) is 32.0 Å². The van der Waals surface area contributed by atoms with Gasteiger partial charge in [-0.25, -0.2) is 4.79 Å². The Morgan fingerprint density at radius 1 is 1.39 bits per heavy atom. The van der Waals surface area contributed by atoms with E-state index in [4.69, 9.17) is 16.3 Å². The number of nitrogens with zero attached hydrogens (tertiary/aromatic N) is 2. The molecular weight excluding hydrogens is 442 g/mol. The van der Waals surface area contributed by atoms with Crippen LogP contribution >= 0.6 is 11.6 Å². The van der Waals surface area contributed by atoms with Crippen LogP contribution in [0.5, 0.6) is 0 Å². The maximum Gasteiger partial charge on any atom is 0.343 e. The quantitative estimate of drug-likeness (QED) is 0.329. The van der Waals surface area contributed by atoms with Crippen LogP contribution in [-0.4, -0.2) is 73.4 Å². The van der Waals surface area contributed by atoms with Crippen LogP contribution in [0.25, 0.3) is 0 Å². The van der Waals surface area contributed by atoms with Gasteiger partial charge in [-0.2, -0.15) is 4.99 Å². The van der Waals surface area contributed by atoms with Crippen LogP contribution in [0.15, 0.2) is 29.3 Å². The first-order valence-corrected chi connectivity index (χ1v) is 12.3. The smallest absolute Gasteiger partial charge is 0.343 e. The number of nitrogens with one attached hydrogen (secondary N) is 1. The molecule has 1 aliphatic rings. The zero-order chi connectivity index (χ0) is 24.4. The third kappa shape index (κ3) is 7.76. The number of aliphatic imine (C=N–C) groups is 1. The first-order chi connectivity index (χ1) is 15.7. The lowest BCUT2D eigenvalue weighted by Crippen LogP contribution is -2.48. The summed E-state index contributed by atoms with van der Waals surface area (Å²) in [5, 5.41) is 26.0. The second-order valence-corrected chi connectivity index (χ2v) is 9.71. The number of aliphatic hydroxyl groups is 2. The van der Waals surface area contributed by atoms with E-state index < -0.39 is 11.7 Å². The van der Waals surface area contributed by atoms with E-state index in [9.17, 15) is 15.0 Å². The average molecular weight is 482 g/mol. The Hall–Kier alpha value is -1.51. The fourth-order valence-electron chi connectivity index (χ4n) is 4.49. The molecule has 1 aromatic carbocycles. The van der Waals surface area contributed by atoms with E-state index >= 15 is 0 Å². The highest BCUT2D eigenvalue weighted by atomic mass is 35.5. The number of urea groups is 1. The van der Waals surface area contributed by atoms with Gasteiger partial charge in [0, 0.05) is 44.3 Å². The van der Waals surface area contributed by atoms with E-state index in [0.29, 0.717) is 43.4 Å². The first kappa shape index (κ1) is 27.7. The monoisotopic (exact) mass is 481 g/mol. The van der Waals surface area contributed by atoms with Crippen LogP contribution < -0.4 is 5.32 Å². The highest BCUT2D eigenvalue weighted by Crippen LogP contribution is 2.40. The first-order valence-electron chi connectivity index (χ1n) is 11.9. The van der Waals surface area contributed by atoms with Gasteiger partial charge in [0.2, 0.25) is 0 Å². The summed E-state index contributed by atoms with van der Waals surface area (Å²) >= 11 is 6.25. The summed E-state index contributed by atoms with van der Waals surface area (Å²) in [7, 11) is 3.44. The minimum Gasteiger partial charge on any atom is -0.387 e. The predicted molar refractivity (Wildman–Crippen MR) is 133 cm³/mol. The van der Waals surface area contributed by atoms with Crippen LogP contribution in [0, 0.1) is 11.8 Å². The molecule has 186 valence electrons. The maximum absolute atomic E-state index is 13.1. The molecule has 1 aromatic rings. The van der Waals surface area contributed by atoms with Gasteiger partial charge in [0.05, 0.1) is 17.4 Å². The zero-order valence-corrected chi connectivity index (χ0v) is 21.1. The summed E-state index contributed by atoms with van der Waals surface area (Å²) in [5.74, 6) is -0.187. The van der Waals surface area contributed by atoms with Gasteiger partial charge in [0.25, 0.3) is 0 Å². The van der Waals surface area contributed by atoms with E-state index in [0.717, 1.165) is 31.2 Å². The number of carbonyl (C=O) groups is 1. The maximum atomic E-state index is 13.1. The summed E-state index contributed by atoms with van der Waals surface area (Å²) in [4.78, 5) is 19.0. The number of rotatable bonds is 11. The number of methoxy groups -OCH3 is 1. The normalized spacial score (nSPS) is 20.1. The van der Waals surface area contributed by atoms with Crippen molar-refractivity contribution in [3.8, 4) is 0 Å². The van der Waals surface area contributed by atoms with E-state index in [-0.39, 0.29) is 17.9 Å². The van der Waals surface area contributed by atoms with Crippen LogP contribution in [-0.2, 0) is 10.3 Å². The third-order valence-corrected chi connectivity index (χ3v) is 6.65. The fourth-order valence-corrected chi connectivity index (χ4v) is 4.68. The molecule has 0 unspecified atom stereocenters. The van der Waals surface area contributed by atoms with Crippen molar-refractivity contribution < 1.29 is 19.7 Å². The molecule has 7 nitrogen and oxygen atoms in total. The Morgan fingerprint density at radius 3 is 2.79 bits per heavy atom. The second kappa shape index (κ2) is 13.4. The molecule has 3 N–H and O–H groups in total. The van der Waals surface area contributed by atoms with Crippen molar-refractivity contribution in [2.24, 2.45) is 16.8 Å². The number of halogens is 1. The van der Waals surface area contributed by atoms with Crippen molar-refractivity contribution >= 4 is 23.3 Å². The summed E-state index contributed by atoms with van der Waals surface area (Å²) < 4.78 is 5.17. The van der Waals surface area contributed by atoms with Crippen molar-refractivity contribution in [2.45, 2.75) is 57.7 Å². The van der Waals surface area contributed by atoms with Crippen LogP contribution in [0.1, 0.15) is 51.5 Å². The lowest BCUT2D eigenvalue weighted by atomic mass is 9.74. The molecule has 0 radical (unpaired) electrons. The number of ether oxygens (including phenoxy) is 1. The van der Waals surface area contributed by atoms with Gasteiger partial charge in [-0.05, 0) is 62.8 Å². The molecular formula is C25H40ClN3O4. The largest absolute Gasteiger partial charge is 0.387 e. The molecule has 0 saturated carbocycles. The van der Waals surface area contributed by atoms with Crippen LogP contribution in [0.2, 0.25) is 5.02 Å². The van der Waals surface area contributed by atoms with Crippen molar-refractivity contribution in [3.05, 3.63) is 34.9 Å². The third-order valence-electron chi connectivity index (χ3n) is 6.42. The lowest BCUT2D eigenvalue weighted by molar-refractivity contribution is -0.0559. The number of benzene rings is 1. The molecule has 1 saturated heterocycles. The Balaban J connectivity index is 2.25. The minimum atomic E-state index is -1.10. The number of likely N-dealkylation sites (tertiary alicyclic amines) is 1. The van der Waals surface area contributed by atoms with Gasteiger partial charge in [0.15, 0.2) is 0 Å². The number of hydrogen-bond acceptors (Lipinski definition) is 5. The van der Waals surface area contributed by atoms with Gasteiger partial charge in [0.1, 0.15) is 0 Å². The lowest BCUT2D eigenvalue weighted by Gasteiger charge is -2.42. The highest BCUT2D eigenvalue weighted by Gasteiger charge is 2.41. The van der Waals surface area contributed by atoms with Gasteiger partial charge in [-0.1, -0.05) is 37.6 Å². The van der Waals surface area contributed by atoms with E-state index in [2.05, 4.69) is 10.3 Å². The van der Waals surface area contributed by atoms with Gasteiger partial charge in [-0.3, -0.25) is 0 Å². The molecule has 1 fully saturated rings. The molecule has 8 heteroatoms. The molecule has 3 atom stereocenters. The summed E-state index contributed by atoms with van der Waals surface area (Å²) in [6, 6.07) is 7.01. The SMILES string of the molecule is CNCC(=NC(=O)N1CCC[C@@H]([C@@](O)(CCCCOC)c2cccc(Cl)c2)C1)[C@@H](O)C(C)C. The minimum absolute atomic E-state index is 0.0426. The number of hydrogen-bond donors (Lipinski definition) is 3. The second-order valence-electron chi connectivity index (χ2n) is 9.27. The number of unbranched alkanes of at least 4 members (excludes halogenated alkanes) is 1. The van der Waals surface area contributed by atoms with Crippen molar-refractivity contribution in [3.63, 3.8) is 0 Å². The average Bonchev–Trinajstić information content (AvgIpc) is 2.81. The predicted octanol–water partition coefficient (Wildman–Crippen LogP) is 3.85. The molecule has 1 heterocycles.